The second-order valence-corrected chi connectivity index (χ2v) is 9.22. The Morgan fingerprint density at radius 3 is 2.46 bits per heavy atom. The van der Waals surface area contributed by atoms with Crippen molar-refractivity contribution in [2.24, 2.45) is 0 Å². The third-order valence-electron chi connectivity index (χ3n) is 6.73. The van der Waals surface area contributed by atoms with E-state index in [-0.39, 0.29) is 24.3 Å². The summed E-state index contributed by atoms with van der Waals surface area (Å²) >= 11 is 0. The topological polar surface area (TPSA) is 106 Å². The van der Waals surface area contributed by atoms with E-state index in [4.69, 9.17) is 0 Å². The number of carbonyl (C=O) groups excluding carboxylic acids is 3. The summed E-state index contributed by atoms with van der Waals surface area (Å²) in [6, 6.07) is 24.1. The first-order valence-corrected chi connectivity index (χ1v) is 12.2. The lowest BCUT2D eigenvalue weighted by Crippen LogP contribution is -2.59. The fourth-order valence-electron chi connectivity index (χ4n) is 4.92. The minimum Gasteiger partial charge on any atom is -0.361 e. The van der Waals surface area contributed by atoms with Crippen LogP contribution in [0.1, 0.15) is 29.7 Å². The summed E-state index contributed by atoms with van der Waals surface area (Å²) in [6.45, 7) is 1.38. The van der Waals surface area contributed by atoms with Crippen LogP contribution in [-0.2, 0) is 20.8 Å². The van der Waals surface area contributed by atoms with Gasteiger partial charge in [-0.1, -0.05) is 66.7 Å². The molecule has 37 heavy (non-hydrogen) atoms. The molecule has 3 atom stereocenters. The lowest BCUT2D eigenvalue weighted by Gasteiger charge is -2.26. The quantitative estimate of drug-likeness (QED) is 0.330. The number of hydrogen-bond acceptors (Lipinski definition) is 4. The number of amides is 3. The standard InChI is InChI=1S/C29H29N5O3/c1-18(35)31-24(16-20-17-30-23-14-8-6-12-21(20)23)28(36)33-27-29(37)34(2)25-15-9-7-13-22(25)26(32-27)19-10-4-3-5-11-19/h3-15,17,24,26-27,30,32H,16H2,1-2H3,(H,31,35)(H,33,36)/t24-,26?,27-/m0/s1. The van der Waals surface area contributed by atoms with Crippen LogP contribution in [-0.4, -0.2) is 42.0 Å². The highest BCUT2D eigenvalue weighted by molar-refractivity contribution is 6.01. The van der Waals surface area contributed by atoms with Gasteiger partial charge in [-0.3, -0.25) is 19.7 Å². The fraction of sp³-hybridized carbons (Fsp3) is 0.207. The molecular formula is C29H29N5O3. The molecule has 1 aromatic heterocycles. The molecule has 4 aromatic rings. The van der Waals surface area contributed by atoms with Crippen molar-refractivity contribution >= 4 is 34.3 Å². The third kappa shape index (κ3) is 4.96. The van der Waals surface area contributed by atoms with Crippen LogP contribution in [0.5, 0.6) is 0 Å². The highest BCUT2D eigenvalue weighted by Crippen LogP contribution is 2.33. The van der Waals surface area contributed by atoms with E-state index < -0.39 is 18.1 Å². The smallest absolute Gasteiger partial charge is 0.264 e. The molecule has 8 nitrogen and oxygen atoms in total. The van der Waals surface area contributed by atoms with Crippen LogP contribution in [0.3, 0.4) is 0 Å². The Bertz CT molecular complexity index is 1450. The number of para-hydroxylation sites is 2. The van der Waals surface area contributed by atoms with E-state index in [9.17, 15) is 14.4 Å². The fourth-order valence-corrected chi connectivity index (χ4v) is 4.92. The molecule has 8 heteroatoms. The van der Waals surface area contributed by atoms with Gasteiger partial charge in [-0.25, -0.2) is 0 Å². The predicted octanol–water partition coefficient (Wildman–Crippen LogP) is 3.01. The van der Waals surface area contributed by atoms with E-state index in [2.05, 4.69) is 20.9 Å². The summed E-state index contributed by atoms with van der Waals surface area (Å²) in [4.78, 5) is 43.8. The number of anilines is 1. The molecule has 1 unspecified atom stereocenters. The number of nitrogens with zero attached hydrogens (tertiary/aromatic N) is 1. The highest BCUT2D eigenvalue weighted by Gasteiger charge is 2.35. The zero-order valence-electron chi connectivity index (χ0n) is 20.7. The summed E-state index contributed by atoms with van der Waals surface area (Å²) in [5, 5.41) is 9.96. The van der Waals surface area contributed by atoms with Crippen molar-refractivity contribution in [2.45, 2.75) is 31.6 Å². The second kappa shape index (κ2) is 10.3. The van der Waals surface area contributed by atoms with E-state index in [0.717, 1.165) is 33.3 Å². The summed E-state index contributed by atoms with van der Waals surface area (Å²) < 4.78 is 0. The molecule has 0 saturated heterocycles. The minimum atomic E-state index is -1.01. The first-order chi connectivity index (χ1) is 17.9. The van der Waals surface area contributed by atoms with E-state index in [1.807, 2.05) is 85.1 Å². The number of H-pyrrole nitrogens is 1. The Labute approximate surface area is 215 Å². The molecule has 0 aliphatic carbocycles. The van der Waals surface area contributed by atoms with Gasteiger partial charge in [0.25, 0.3) is 5.91 Å². The van der Waals surface area contributed by atoms with Crippen molar-refractivity contribution < 1.29 is 14.4 Å². The molecule has 4 N–H and O–H groups in total. The van der Waals surface area contributed by atoms with E-state index in [0.29, 0.717) is 0 Å². The summed E-state index contributed by atoms with van der Waals surface area (Å²) in [6.07, 6.45) is 1.11. The first-order valence-electron chi connectivity index (χ1n) is 12.2. The maximum Gasteiger partial charge on any atom is 0.264 e. The van der Waals surface area contributed by atoms with Crippen LogP contribution < -0.4 is 20.9 Å². The maximum absolute atomic E-state index is 13.5. The minimum absolute atomic E-state index is 0.272. The Morgan fingerprint density at radius 1 is 0.973 bits per heavy atom. The van der Waals surface area contributed by atoms with Gasteiger partial charge in [0.05, 0.1) is 6.04 Å². The summed E-state index contributed by atoms with van der Waals surface area (Å²) in [5.74, 6) is -1.07. The monoisotopic (exact) mass is 495 g/mol. The molecule has 1 aliphatic heterocycles. The van der Waals surface area contributed by atoms with Gasteiger partial charge in [0, 0.05) is 43.2 Å². The SMILES string of the molecule is CC(=O)N[C@@H](Cc1c[nH]c2ccccc12)C(=O)N[C@@H]1NC(c2ccccc2)c2ccccc2N(C)C1=O. The zero-order valence-corrected chi connectivity index (χ0v) is 20.7. The molecule has 0 saturated carbocycles. The van der Waals surface area contributed by atoms with E-state index in [1.54, 1.807) is 11.9 Å². The van der Waals surface area contributed by atoms with Crippen molar-refractivity contribution in [1.29, 1.82) is 0 Å². The highest BCUT2D eigenvalue weighted by atomic mass is 16.2. The average Bonchev–Trinajstić information content (AvgIpc) is 3.28. The lowest BCUT2D eigenvalue weighted by molar-refractivity contribution is -0.131. The van der Waals surface area contributed by atoms with E-state index in [1.165, 1.54) is 6.92 Å². The molecule has 5 rings (SSSR count). The van der Waals surface area contributed by atoms with Crippen LogP contribution in [0.2, 0.25) is 0 Å². The number of rotatable bonds is 6. The average molecular weight is 496 g/mol. The Kier molecular flexibility index (Phi) is 6.74. The van der Waals surface area contributed by atoms with Gasteiger partial charge in [-0.2, -0.15) is 0 Å². The van der Waals surface area contributed by atoms with E-state index >= 15 is 0 Å². The Morgan fingerprint density at radius 2 is 1.68 bits per heavy atom. The van der Waals surface area contributed by atoms with Crippen LogP contribution in [0.15, 0.2) is 85.1 Å². The predicted molar refractivity (Wildman–Crippen MR) is 143 cm³/mol. The van der Waals surface area contributed by atoms with Gasteiger partial charge in [-0.05, 0) is 28.8 Å². The molecule has 188 valence electrons. The molecule has 0 bridgehead atoms. The Balaban J connectivity index is 1.44. The molecule has 1 aliphatic rings. The number of nitrogens with one attached hydrogen (secondary N) is 4. The van der Waals surface area contributed by atoms with Gasteiger partial charge in [0.15, 0.2) is 6.17 Å². The number of fused-ring (bicyclic) bond motifs is 2. The Hall–Kier alpha value is -4.43. The molecular weight excluding hydrogens is 466 g/mol. The van der Waals surface area contributed by atoms with Crippen molar-refractivity contribution in [3.05, 3.63) is 102 Å². The molecule has 2 heterocycles. The van der Waals surface area contributed by atoms with Gasteiger partial charge in [-0.15, -0.1) is 0 Å². The second-order valence-electron chi connectivity index (χ2n) is 9.22. The third-order valence-corrected chi connectivity index (χ3v) is 6.73. The molecule has 3 aromatic carbocycles. The molecule has 0 fully saturated rings. The van der Waals surface area contributed by atoms with Gasteiger partial charge in [0.1, 0.15) is 6.04 Å². The number of hydrogen-bond donors (Lipinski definition) is 4. The lowest BCUT2D eigenvalue weighted by atomic mass is 9.97. The van der Waals surface area contributed by atoms with Gasteiger partial charge in [0.2, 0.25) is 11.8 Å². The van der Waals surface area contributed by atoms with Crippen molar-refractivity contribution in [3.63, 3.8) is 0 Å². The number of carbonyl (C=O) groups is 3. The van der Waals surface area contributed by atoms with Crippen LogP contribution >= 0.6 is 0 Å². The van der Waals surface area contributed by atoms with Gasteiger partial charge >= 0.3 is 0 Å². The van der Waals surface area contributed by atoms with Crippen molar-refractivity contribution in [3.8, 4) is 0 Å². The van der Waals surface area contributed by atoms with Crippen molar-refractivity contribution in [2.75, 3.05) is 11.9 Å². The van der Waals surface area contributed by atoms with Crippen LogP contribution in [0.4, 0.5) is 5.69 Å². The van der Waals surface area contributed by atoms with Crippen LogP contribution in [0.25, 0.3) is 10.9 Å². The zero-order chi connectivity index (χ0) is 25.9. The number of likely N-dealkylation sites (N-methyl/N-ethyl adjacent to an activating group) is 1. The molecule has 3 amide bonds. The number of aromatic amines is 1. The summed E-state index contributed by atoms with van der Waals surface area (Å²) in [5.41, 5.74) is 4.51. The largest absolute Gasteiger partial charge is 0.361 e. The number of benzene rings is 3. The maximum atomic E-state index is 13.5. The molecule has 0 radical (unpaired) electrons. The number of aromatic nitrogens is 1. The van der Waals surface area contributed by atoms with Crippen molar-refractivity contribution in [1.82, 2.24) is 20.9 Å². The van der Waals surface area contributed by atoms with Gasteiger partial charge < -0.3 is 20.5 Å². The van der Waals surface area contributed by atoms with Crippen LogP contribution in [0, 0.1) is 0 Å². The molecule has 0 spiro atoms. The first kappa shape index (κ1) is 24.3. The normalized spacial score (nSPS) is 18.1. The summed E-state index contributed by atoms with van der Waals surface area (Å²) in [7, 11) is 1.70.